The summed E-state index contributed by atoms with van der Waals surface area (Å²) in [6.45, 7) is 0.683. The van der Waals surface area contributed by atoms with Crippen LogP contribution in [-0.4, -0.2) is 27.8 Å². The fourth-order valence-electron chi connectivity index (χ4n) is 1.23. The molecule has 0 aliphatic carbocycles. The van der Waals surface area contributed by atoms with E-state index >= 15 is 0 Å². The summed E-state index contributed by atoms with van der Waals surface area (Å²) in [4.78, 5) is 0. The lowest BCUT2D eigenvalue weighted by atomic mass is 10.3. The van der Waals surface area contributed by atoms with Crippen LogP contribution in [0.15, 0.2) is 27.1 Å². The summed E-state index contributed by atoms with van der Waals surface area (Å²) < 4.78 is 27.6. The second kappa shape index (κ2) is 6.72. The van der Waals surface area contributed by atoms with Crippen LogP contribution in [0.1, 0.15) is 6.42 Å². The highest BCUT2D eigenvalue weighted by atomic mass is 79.9. The normalized spacial score (nSPS) is 11.5. The Morgan fingerprint density at radius 1 is 1.29 bits per heavy atom. The maximum atomic E-state index is 11.7. The monoisotopic (exact) mass is 384 g/mol. The molecule has 0 fully saturated rings. The van der Waals surface area contributed by atoms with Crippen molar-refractivity contribution < 1.29 is 8.42 Å². The van der Waals surface area contributed by atoms with Gasteiger partial charge in [0.1, 0.15) is 0 Å². The number of nitrogens with one attached hydrogen (secondary N) is 2. The lowest BCUT2D eigenvalue weighted by Gasteiger charge is -2.09. The quantitative estimate of drug-likeness (QED) is 0.740. The molecule has 0 amide bonds. The third-order valence-electron chi connectivity index (χ3n) is 2.04. The molecule has 0 heterocycles. The second-order valence-electron chi connectivity index (χ2n) is 3.50. The first-order chi connectivity index (χ1) is 7.94. The molecule has 1 aromatic rings. The zero-order valence-corrected chi connectivity index (χ0v) is 13.3. The number of hydrogen-bond donors (Lipinski definition) is 2. The summed E-state index contributed by atoms with van der Waals surface area (Å²) in [5.74, 6) is 0.107. The van der Waals surface area contributed by atoms with E-state index in [1.807, 2.05) is 0 Å². The number of benzene rings is 1. The summed E-state index contributed by atoms with van der Waals surface area (Å²) >= 11 is 6.62. The number of anilines is 1. The first kappa shape index (κ1) is 14.9. The molecule has 0 aromatic heterocycles. The van der Waals surface area contributed by atoms with Crippen LogP contribution < -0.4 is 10.0 Å². The minimum absolute atomic E-state index is 0.107. The third-order valence-corrected chi connectivity index (χ3v) is 4.54. The Hall–Kier alpha value is -0.110. The Bertz CT molecular complexity index is 477. The molecule has 0 spiro atoms. The number of halogens is 2. The molecule has 0 bridgehead atoms. The summed E-state index contributed by atoms with van der Waals surface area (Å²) in [6.07, 6.45) is 0.583. The van der Waals surface area contributed by atoms with Gasteiger partial charge in [-0.05, 0) is 54.1 Å². The molecule has 0 saturated carbocycles. The average Bonchev–Trinajstić information content (AvgIpc) is 2.22. The molecule has 17 heavy (non-hydrogen) atoms. The van der Waals surface area contributed by atoms with E-state index in [2.05, 4.69) is 41.9 Å². The molecule has 2 N–H and O–H groups in total. The molecule has 96 valence electrons. The molecule has 4 nitrogen and oxygen atoms in total. The van der Waals surface area contributed by atoms with Crippen molar-refractivity contribution in [2.45, 2.75) is 6.42 Å². The smallest absolute Gasteiger partial charge is 0.232 e. The molecule has 1 aromatic carbocycles. The van der Waals surface area contributed by atoms with Crippen molar-refractivity contribution in [2.75, 3.05) is 24.1 Å². The topological polar surface area (TPSA) is 58.2 Å². The van der Waals surface area contributed by atoms with Crippen molar-refractivity contribution in [3.63, 3.8) is 0 Å². The number of hydrogen-bond acceptors (Lipinski definition) is 3. The highest BCUT2D eigenvalue weighted by Gasteiger charge is 2.11. The van der Waals surface area contributed by atoms with Gasteiger partial charge in [0, 0.05) is 8.95 Å². The van der Waals surface area contributed by atoms with Crippen LogP contribution in [0.5, 0.6) is 0 Å². The average molecular weight is 386 g/mol. The highest BCUT2D eigenvalue weighted by Crippen LogP contribution is 2.26. The van der Waals surface area contributed by atoms with E-state index in [1.165, 1.54) is 0 Å². The van der Waals surface area contributed by atoms with E-state index in [1.54, 1.807) is 25.2 Å². The first-order valence-corrected chi connectivity index (χ1v) is 8.28. The summed E-state index contributed by atoms with van der Waals surface area (Å²) in [7, 11) is -1.48. The van der Waals surface area contributed by atoms with E-state index in [4.69, 9.17) is 0 Å². The molecule has 0 radical (unpaired) electrons. The van der Waals surface area contributed by atoms with Gasteiger partial charge in [-0.1, -0.05) is 15.9 Å². The van der Waals surface area contributed by atoms with Crippen molar-refractivity contribution >= 4 is 47.6 Å². The molecule has 0 saturated heterocycles. The Balaban J connectivity index is 2.69. The fraction of sp³-hybridized carbons (Fsp3) is 0.400. The standard InChI is InChI=1S/C10H14Br2N2O2S/c1-13-5-2-6-17(15,16)14-10-4-3-8(11)7-9(10)12/h3-4,7,13-14H,2,5-6H2,1H3. The van der Waals surface area contributed by atoms with Gasteiger partial charge in [-0.15, -0.1) is 0 Å². The SMILES string of the molecule is CNCCCS(=O)(=O)Nc1ccc(Br)cc1Br. The van der Waals surface area contributed by atoms with Crippen molar-refractivity contribution in [1.82, 2.24) is 5.32 Å². The lowest BCUT2D eigenvalue weighted by molar-refractivity contribution is 0.597. The first-order valence-electron chi connectivity index (χ1n) is 5.05. The summed E-state index contributed by atoms with van der Waals surface area (Å²) in [5.41, 5.74) is 0.553. The van der Waals surface area contributed by atoms with Crippen LogP contribution in [-0.2, 0) is 10.0 Å². The lowest BCUT2D eigenvalue weighted by Crippen LogP contribution is -2.20. The highest BCUT2D eigenvalue weighted by molar-refractivity contribution is 9.11. The molecule has 0 aliphatic heterocycles. The van der Waals surface area contributed by atoms with Gasteiger partial charge in [-0.2, -0.15) is 0 Å². The van der Waals surface area contributed by atoms with E-state index in [-0.39, 0.29) is 5.75 Å². The van der Waals surface area contributed by atoms with Crippen molar-refractivity contribution in [3.05, 3.63) is 27.1 Å². The Morgan fingerprint density at radius 2 is 2.00 bits per heavy atom. The number of sulfonamides is 1. The molecule has 0 atom stereocenters. The van der Waals surface area contributed by atoms with Crippen LogP contribution in [0.2, 0.25) is 0 Å². The molecular weight excluding hydrogens is 372 g/mol. The van der Waals surface area contributed by atoms with E-state index in [0.29, 0.717) is 23.1 Å². The van der Waals surface area contributed by atoms with Gasteiger partial charge in [0.25, 0.3) is 0 Å². The molecule has 1 rings (SSSR count). The molecule has 0 unspecified atom stereocenters. The van der Waals surface area contributed by atoms with Gasteiger partial charge in [-0.3, -0.25) is 4.72 Å². The van der Waals surface area contributed by atoms with Crippen molar-refractivity contribution in [3.8, 4) is 0 Å². The predicted octanol–water partition coefficient (Wildman–Crippen LogP) is 2.56. The van der Waals surface area contributed by atoms with Crippen LogP contribution in [0, 0.1) is 0 Å². The van der Waals surface area contributed by atoms with E-state index < -0.39 is 10.0 Å². The maximum Gasteiger partial charge on any atom is 0.232 e. The van der Waals surface area contributed by atoms with Crippen molar-refractivity contribution in [1.29, 1.82) is 0 Å². The van der Waals surface area contributed by atoms with Crippen LogP contribution in [0.3, 0.4) is 0 Å². The summed E-state index contributed by atoms with van der Waals surface area (Å²) in [6, 6.07) is 5.30. The largest absolute Gasteiger partial charge is 0.320 e. The maximum absolute atomic E-state index is 11.7. The van der Waals surface area contributed by atoms with Gasteiger partial charge in [0.2, 0.25) is 10.0 Å². The Kier molecular flexibility index (Phi) is 5.91. The van der Waals surface area contributed by atoms with Crippen molar-refractivity contribution in [2.24, 2.45) is 0 Å². The minimum atomic E-state index is -3.28. The number of rotatable bonds is 6. The van der Waals surface area contributed by atoms with Gasteiger partial charge in [0.05, 0.1) is 11.4 Å². The Morgan fingerprint density at radius 3 is 2.59 bits per heavy atom. The van der Waals surface area contributed by atoms with Gasteiger partial charge in [0.15, 0.2) is 0 Å². The third kappa shape index (κ3) is 5.37. The molecular formula is C10H14Br2N2O2S. The molecule has 0 aliphatic rings. The minimum Gasteiger partial charge on any atom is -0.320 e. The fourth-order valence-corrected chi connectivity index (χ4v) is 3.65. The zero-order valence-electron chi connectivity index (χ0n) is 9.33. The Labute approximate surface area is 118 Å². The zero-order chi connectivity index (χ0) is 12.9. The van der Waals surface area contributed by atoms with Crippen LogP contribution >= 0.6 is 31.9 Å². The second-order valence-corrected chi connectivity index (χ2v) is 7.11. The van der Waals surface area contributed by atoms with Crippen LogP contribution in [0.25, 0.3) is 0 Å². The van der Waals surface area contributed by atoms with Crippen LogP contribution in [0.4, 0.5) is 5.69 Å². The van der Waals surface area contributed by atoms with E-state index in [9.17, 15) is 8.42 Å². The summed E-state index contributed by atoms with van der Waals surface area (Å²) in [5, 5.41) is 2.92. The van der Waals surface area contributed by atoms with Gasteiger partial charge in [-0.25, -0.2) is 8.42 Å². The molecule has 7 heteroatoms. The van der Waals surface area contributed by atoms with Gasteiger partial charge >= 0.3 is 0 Å². The van der Waals surface area contributed by atoms with Gasteiger partial charge < -0.3 is 5.32 Å². The predicted molar refractivity (Wildman–Crippen MR) is 77.8 cm³/mol. The van der Waals surface area contributed by atoms with E-state index in [0.717, 1.165) is 4.47 Å².